The van der Waals surface area contributed by atoms with Crippen molar-refractivity contribution in [1.29, 1.82) is 0 Å². The maximum Gasteiger partial charge on any atom is 0.330 e. The van der Waals surface area contributed by atoms with Crippen LogP contribution in [-0.4, -0.2) is 47.2 Å². The summed E-state index contributed by atoms with van der Waals surface area (Å²) in [4.78, 5) is 25.1. The van der Waals surface area contributed by atoms with Crippen LogP contribution in [0.5, 0.6) is 5.75 Å². The van der Waals surface area contributed by atoms with Gasteiger partial charge in [0.1, 0.15) is 12.3 Å². The Morgan fingerprint density at radius 1 is 1.50 bits per heavy atom. The van der Waals surface area contributed by atoms with Gasteiger partial charge in [0.2, 0.25) is 0 Å². The van der Waals surface area contributed by atoms with Crippen molar-refractivity contribution in [2.45, 2.75) is 44.6 Å². The third-order valence-corrected chi connectivity index (χ3v) is 3.67. The van der Waals surface area contributed by atoms with Crippen molar-refractivity contribution in [3.63, 3.8) is 0 Å². The maximum atomic E-state index is 11.8. The molecule has 1 aliphatic rings. The number of rotatable bonds is 7. The average Bonchev–Trinajstić information content (AvgIpc) is 2.90. The molecular formula is C14H22N2O6. The highest BCUT2D eigenvalue weighted by Gasteiger charge is 2.37. The first-order valence-electron chi connectivity index (χ1n) is 7.37. The van der Waals surface area contributed by atoms with Crippen molar-refractivity contribution >= 4 is 0 Å². The summed E-state index contributed by atoms with van der Waals surface area (Å²) in [5, 5.41) is 9.46. The largest absolute Gasteiger partial charge is 0.502 e. The van der Waals surface area contributed by atoms with Crippen LogP contribution in [0, 0.1) is 0 Å². The molecule has 124 valence electrons. The highest BCUT2D eigenvalue weighted by atomic mass is 16.6. The summed E-state index contributed by atoms with van der Waals surface area (Å²) >= 11 is 0. The van der Waals surface area contributed by atoms with Crippen molar-refractivity contribution in [3.8, 4) is 5.75 Å². The zero-order valence-electron chi connectivity index (χ0n) is 12.8. The Morgan fingerprint density at radius 2 is 2.27 bits per heavy atom. The molecule has 3 atom stereocenters. The molecule has 2 N–H and O–H groups in total. The van der Waals surface area contributed by atoms with Gasteiger partial charge in [-0.25, -0.2) is 4.79 Å². The maximum absolute atomic E-state index is 11.8. The summed E-state index contributed by atoms with van der Waals surface area (Å²) in [7, 11) is 1.57. The van der Waals surface area contributed by atoms with Crippen LogP contribution >= 0.6 is 0 Å². The van der Waals surface area contributed by atoms with Crippen LogP contribution in [0.1, 0.15) is 32.4 Å². The molecule has 22 heavy (non-hydrogen) atoms. The fourth-order valence-electron chi connectivity index (χ4n) is 2.40. The van der Waals surface area contributed by atoms with Gasteiger partial charge in [0.15, 0.2) is 5.75 Å². The third-order valence-electron chi connectivity index (χ3n) is 3.67. The monoisotopic (exact) mass is 314 g/mol. The van der Waals surface area contributed by atoms with Gasteiger partial charge in [-0.2, -0.15) is 0 Å². The summed E-state index contributed by atoms with van der Waals surface area (Å²) in [6.07, 6.45) is 2.41. The Bertz CT molecular complexity index is 596. The Balaban J connectivity index is 2.06. The fourth-order valence-corrected chi connectivity index (χ4v) is 2.40. The van der Waals surface area contributed by atoms with Gasteiger partial charge in [-0.1, -0.05) is 13.3 Å². The highest BCUT2D eigenvalue weighted by molar-refractivity contribution is 5.09. The van der Waals surface area contributed by atoms with Crippen LogP contribution in [0.25, 0.3) is 0 Å². The minimum absolute atomic E-state index is 0.215. The van der Waals surface area contributed by atoms with Gasteiger partial charge in [-0.3, -0.25) is 14.3 Å². The molecule has 0 saturated carbocycles. The van der Waals surface area contributed by atoms with E-state index >= 15 is 0 Å². The number of unbranched alkanes of at least 4 members (excludes halogenated alkanes) is 1. The summed E-state index contributed by atoms with van der Waals surface area (Å²) in [5.74, 6) is -0.528. The van der Waals surface area contributed by atoms with E-state index in [-0.39, 0.29) is 12.2 Å². The van der Waals surface area contributed by atoms with E-state index in [4.69, 9.17) is 14.2 Å². The lowest BCUT2D eigenvalue weighted by atomic mass is 10.2. The number of nitrogens with one attached hydrogen (secondary N) is 1. The molecule has 0 amide bonds. The number of aromatic amines is 1. The van der Waals surface area contributed by atoms with Crippen LogP contribution in [-0.2, 0) is 14.2 Å². The molecule has 0 aliphatic carbocycles. The van der Waals surface area contributed by atoms with Crippen molar-refractivity contribution in [2.75, 3.05) is 20.3 Å². The molecule has 1 aliphatic heterocycles. The second-order valence-electron chi connectivity index (χ2n) is 5.25. The smallest absolute Gasteiger partial charge is 0.330 e. The minimum atomic E-state index is -0.818. The fraction of sp³-hybridized carbons (Fsp3) is 0.714. The number of aromatic hydroxyl groups is 1. The lowest BCUT2D eigenvalue weighted by Crippen LogP contribution is -2.32. The van der Waals surface area contributed by atoms with E-state index in [2.05, 4.69) is 6.92 Å². The predicted octanol–water partition coefficient (Wildman–Crippen LogP) is 0.361. The summed E-state index contributed by atoms with van der Waals surface area (Å²) in [5.41, 5.74) is -1.45. The lowest BCUT2D eigenvalue weighted by molar-refractivity contribution is -0.0703. The molecule has 2 rings (SSSR count). The Labute approximate surface area is 127 Å². The molecule has 1 fully saturated rings. The molecule has 0 spiro atoms. The van der Waals surface area contributed by atoms with Gasteiger partial charge < -0.3 is 19.3 Å². The number of ether oxygens (including phenoxy) is 3. The molecular weight excluding hydrogens is 292 g/mol. The highest BCUT2D eigenvalue weighted by Crippen LogP contribution is 2.30. The molecule has 0 bridgehead atoms. The first-order chi connectivity index (χ1) is 10.6. The number of methoxy groups -OCH3 is 1. The third kappa shape index (κ3) is 3.76. The van der Waals surface area contributed by atoms with Gasteiger partial charge in [0.05, 0.1) is 18.9 Å². The van der Waals surface area contributed by atoms with Crippen molar-refractivity contribution in [3.05, 3.63) is 27.0 Å². The lowest BCUT2D eigenvalue weighted by Gasteiger charge is -2.17. The standard InChI is InChI=1S/C14H22N2O6/c1-3-4-5-21-8-11-10(20-2)6-12(22-11)16-7-9(17)13(18)15-14(16)19/h7,10-12,17H,3-6,8H2,1-2H3,(H,15,18,19)/t10-,11+,12+/m0/s1. The molecule has 0 unspecified atom stereocenters. The Kier molecular flexibility index (Phi) is 5.76. The van der Waals surface area contributed by atoms with Crippen LogP contribution in [0.2, 0.25) is 0 Å². The van der Waals surface area contributed by atoms with E-state index in [0.29, 0.717) is 19.6 Å². The topological polar surface area (TPSA) is 103 Å². The Morgan fingerprint density at radius 3 is 2.95 bits per heavy atom. The Hall–Kier alpha value is -1.64. The molecule has 1 aromatic heterocycles. The van der Waals surface area contributed by atoms with E-state index in [1.165, 1.54) is 0 Å². The predicted molar refractivity (Wildman–Crippen MR) is 78.0 cm³/mol. The van der Waals surface area contributed by atoms with E-state index in [1.807, 2.05) is 4.98 Å². The number of hydrogen-bond donors (Lipinski definition) is 2. The first kappa shape index (κ1) is 16.7. The quantitative estimate of drug-likeness (QED) is 0.705. The minimum Gasteiger partial charge on any atom is -0.502 e. The van der Waals surface area contributed by atoms with E-state index < -0.39 is 23.2 Å². The van der Waals surface area contributed by atoms with Crippen molar-refractivity contribution in [2.24, 2.45) is 0 Å². The average molecular weight is 314 g/mol. The number of aromatic nitrogens is 2. The van der Waals surface area contributed by atoms with Gasteiger partial charge >= 0.3 is 5.69 Å². The first-order valence-corrected chi connectivity index (χ1v) is 7.37. The molecule has 1 aromatic rings. The second-order valence-corrected chi connectivity index (χ2v) is 5.25. The zero-order valence-corrected chi connectivity index (χ0v) is 12.8. The molecule has 0 radical (unpaired) electrons. The number of hydrogen-bond acceptors (Lipinski definition) is 6. The van der Waals surface area contributed by atoms with E-state index in [0.717, 1.165) is 23.6 Å². The summed E-state index contributed by atoms with van der Waals surface area (Å²) < 4.78 is 17.9. The molecule has 8 nitrogen and oxygen atoms in total. The van der Waals surface area contributed by atoms with Gasteiger partial charge in [0, 0.05) is 20.1 Å². The summed E-state index contributed by atoms with van der Waals surface area (Å²) in [6, 6.07) is 0. The second kappa shape index (κ2) is 7.57. The zero-order chi connectivity index (χ0) is 16.1. The van der Waals surface area contributed by atoms with Crippen LogP contribution in [0.15, 0.2) is 15.8 Å². The van der Waals surface area contributed by atoms with E-state index in [1.54, 1.807) is 7.11 Å². The molecule has 8 heteroatoms. The molecule has 0 aromatic carbocycles. The number of nitrogens with zero attached hydrogens (tertiary/aromatic N) is 1. The van der Waals surface area contributed by atoms with Crippen LogP contribution in [0.3, 0.4) is 0 Å². The van der Waals surface area contributed by atoms with Gasteiger partial charge in [-0.15, -0.1) is 0 Å². The van der Waals surface area contributed by atoms with E-state index in [9.17, 15) is 14.7 Å². The molecule has 2 heterocycles. The van der Waals surface area contributed by atoms with Gasteiger partial charge in [-0.05, 0) is 6.42 Å². The van der Waals surface area contributed by atoms with Gasteiger partial charge in [0.25, 0.3) is 5.56 Å². The number of H-pyrrole nitrogens is 1. The molecule has 1 saturated heterocycles. The SMILES string of the molecule is CCCCOC[C@H]1O[C@@H](n2cc(O)c(=O)[nH]c2=O)C[C@@H]1OC. The van der Waals surface area contributed by atoms with Crippen molar-refractivity contribution in [1.82, 2.24) is 9.55 Å². The normalized spacial score (nSPS) is 24.7. The van der Waals surface area contributed by atoms with Crippen LogP contribution in [0.4, 0.5) is 0 Å². The van der Waals surface area contributed by atoms with Crippen molar-refractivity contribution < 1.29 is 19.3 Å². The summed E-state index contributed by atoms with van der Waals surface area (Å²) in [6.45, 7) is 3.11. The van der Waals surface area contributed by atoms with Crippen LogP contribution < -0.4 is 11.2 Å².